The van der Waals surface area contributed by atoms with Crippen LogP contribution in [0.1, 0.15) is 24.4 Å². The Bertz CT molecular complexity index is 284. The summed E-state index contributed by atoms with van der Waals surface area (Å²) in [6, 6.07) is 0. The number of likely N-dealkylation sites (tertiary alicyclic amines) is 1. The quantitative estimate of drug-likeness (QED) is 0.683. The Balaban J connectivity index is 2.03. The zero-order valence-corrected chi connectivity index (χ0v) is 8.45. The van der Waals surface area contributed by atoms with Crippen molar-refractivity contribution in [2.75, 3.05) is 13.1 Å². The highest BCUT2D eigenvalue weighted by Gasteiger charge is 2.13. The van der Waals surface area contributed by atoms with E-state index in [0.717, 1.165) is 12.2 Å². The lowest BCUT2D eigenvalue weighted by molar-refractivity contribution is 0.318. The average molecular weight is 179 g/mol. The van der Waals surface area contributed by atoms with Gasteiger partial charge in [-0.2, -0.15) is 0 Å². The third kappa shape index (κ3) is 1.91. The van der Waals surface area contributed by atoms with Crippen LogP contribution in [0, 0.1) is 6.92 Å². The molecule has 0 radical (unpaired) electrons. The molecule has 0 spiro atoms. The second kappa shape index (κ2) is 3.50. The summed E-state index contributed by atoms with van der Waals surface area (Å²) in [5.74, 6) is 1.19. The van der Waals surface area contributed by atoms with Gasteiger partial charge in [0.05, 0.1) is 12.2 Å². The van der Waals surface area contributed by atoms with Crippen LogP contribution < -0.4 is 0 Å². The van der Waals surface area contributed by atoms with Crippen molar-refractivity contribution in [1.82, 2.24) is 14.5 Å². The van der Waals surface area contributed by atoms with Crippen LogP contribution in [0.15, 0.2) is 6.20 Å². The van der Waals surface area contributed by atoms with E-state index in [1.807, 2.05) is 6.92 Å². The number of aryl methyl sites for hydroxylation is 2. The van der Waals surface area contributed by atoms with Gasteiger partial charge in [-0.05, 0) is 32.9 Å². The molecule has 1 fully saturated rings. The van der Waals surface area contributed by atoms with Crippen LogP contribution in [0.2, 0.25) is 0 Å². The molecule has 72 valence electrons. The maximum atomic E-state index is 4.50. The van der Waals surface area contributed by atoms with E-state index in [4.69, 9.17) is 0 Å². The van der Waals surface area contributed by atoms with Gasteiger partial charge < -0.3 is 4.57 Å². The first-order valence-corrected chi connectivity index (χ1v) is 4.97. The average Bonchev–Trinajstić information content (AvgIpc) is 2.63. The fraction of sp³-hybridized carbons (Fsp3) is 0.700. The molecule has 13 heavy (non-hydrogen) atoms. The van der Waals surface area contributed by atoms with Gasteiger partial charge >= 0.3 is 0 Å². The molecule has 0 saturated carbocycles. The van der Waals surface area contributed by atoms with Crippen molar-refractivity contribution in [1.29, 1.82) is 0 Å². The summed E-state index contributed by atoms with van der Waals surface area (Å²) in [6.45, 7) is 5.55. The summed E-state index contributed by atoms with van der Waals surface area (Å²) in [5.41, 5.74) is 1.12. The van der Waals surface area contributed by atoms with Crippen LogP contribution in [0.5, 0.6) is 0 Å². The smallest absolute Gasteiger partial charge is 0.122 e. The second-order valence-electron chi connectivity index (χ2n) is 3.89. The molecular formula is C10H17N3. The van der Waals surface area contributed by atoms with Gasteiger partial charge in [-0.15, -0.1) is 0 Å². The van der Waals surface area contributed by atoms with Crippen molar-refractivity contribution < 1.29 is 0 Å². The van der Waals surface area contributed by atoms with Gasteiger partial charge in [0, 0.05) is 13.2 Å². The molecule has 1 saturated heterocycles. The molecule has 2 heterocycles. The van der Waals surface area contributed by atoms with Crippen molar-refractivity contribution in [2.45, 2.75) is 26.3 Å². The summed E-state index contributed by atoms with van der Waals surface area (Å²) in [6.07, 6.45) is 4.79. The number of hydrogen-bond acceptors (Lipinski definition) is 2. The van der Waals surface area contributed by atoms with Gasteiger partial charge in [-0.25, -0.2) is 4.98 Å². The molecule has 1 aliphatic heterocycles. The van der Waals surface area contributed by atoms with Crippen LogP contribution in [0.4, 0.5) is 0 Å². The minimum atomic E-state index is 1.02. The molecule has 3 heteroatoms. The molecule has 0 amide bonds. The highest BCUT2D eigenvalue weighted by atomic mass is 15.2. The molecule has 0 aromatic carbocycles. The SMILES string of the molecule is Cc1cn(C)c(CN2CCCC2)n1. The van der Waals surface area contributed by atoms with E-state index in [9.17, 15) is 0 Å². The van der Waals surface area contributed by atoms with E-state index in [1.54, 1.807) is 0 Å². The highest BCUT2D eigenvalue weighted by molar-refractivity contribution is 5.01. The molecule has 0 unspecified atom stereocenters. The fourth-order valence-electron chi connectivity index (χ4n) is 1.95. The molecule has 2 rings (SSSR count). The Morgan fingerprint density at radius 2 is 2.08 bits per heavy atom. The molecule has 1 aliphatic rings. The lowest BCUT2D eigenvalue weighted by Crippen LogP contribution is -2.20. The van der Waals surface area contributed by atoms with Crippen molar-refractivity contribution in [3.05, 3.63) is 17.7 Å². The summed E-state index contributed by atoms with van der Waals surface area (Å²) in [5, 5.41) is 0. The summed E-state index contributed by atoms with van der Waals surface area (Å²) in [7, 11) is 2.07. The summed E-state index contributed by atoms with van der Waals surface area (Å²) >= 11 is 0. The second-order valence-corrected chi connectivity index (χ2v) is 3.89. The molecule has 1 aromatic rings. The van der Waals surface area contributed by atoms with Crippen LogP contribution in [-0.2, 0) is 13.6 Å². The third-order valence-corrected chi connectivity index (χ3v) is 2.66. The number of rotatable bonds is 2. The summed E-state index contributed by atoms with van der Waals surface area (Å²) < 4.78 is 2.13. The van der Waals surface area contributed by atoms with E-state index in [1.165, 1.54) is 31.8 Å². The molecule has 3 nitrogen and oxygen atoms in total. The third-order valence-electron chi connectivity index (χ3n) is 2.66. The maximum absolute atomic E-state index is 4.50. The van der Waals surface area contributed by atoms with E-state index >= 15 is 0 Å². The van der Waals surface area contributed by atoms with Crippen molar-refractivity contribution in [3.8, 4) is 0 Å². The first-order chi connectivity index (χ1) is 6.25. The predicted molar refractivity (Wildman–Crippen MR) is 52.5 cm³/mol. The molecule has 0 N–H and O–H groups in total. The van der Waals surface area contributed by atoms with Crippen molar-refractivity contribution in [3.63, 3.8) is 0 Å². The van der Waals surface area contributed by atoms with Gasteiger partial charge in [0.15, 0.2) is 0 Å². The molecule has 0 atom stereocenters. The Labute approximate surface area is 79.4 Å². The van der Waals surface area contributed by atoms with E-state index in [2.05, 4.69) is 27.7 Å². The number of imidazole rings is 1. The standard InChI is InChI=1S/C10H17N3/c1-9-7-12(2)10(11-9)8-13-5-3-4-6-13/h7H,3-6,8H2,1-2H3. The zero-order valence-electron chi connectivity index (χ0n) is 8.45. The van der Waals surface area contributed by atoms with E-state index in [0.29, 0.717) is 0 Å². The van der Waals surface area contributed by atoms with Gasteiger partial charge in [0.2, 0.25) is 0 Å². The lowest BCUT2D eigenvalue weighted by Gasteiger charge is -2.13. The van der Waals surface area contributed by atoms with Crippen molar-refractivity contribution >= 4 is 0 Å². The fourth-order valence-corrected chi connectivity index (χ4v) is 1.95. The van der Waals surface area contributed by atoms with Gasteiger partial charge in [-0.3, -0.25) is 4.90 Å². The Morgan fingerprint density at radius 3 is 2.62 bits per heavy atom. The Hall–Kier alpha value is -0.830. The number of aromatic nitrogens is 2. The van der Waals surface area contributed by atoms with Gasteiger partial charge in [0.25, 0.3) is 0 Å². The number of nitrogens with zero attached hydrogens (tertiary/aromatic N) is 3. The minimum Gasteiger partial charge on any atom is -0.337 e. The monoisotopic (exact) mass is 179 g/mol. The Kier molecular flexibility index (Phi) is 2.36. The van der Waals surface area contributed by atoms with Crippen LogP contribution in [-0.4, -0.2) is 27.5 Å². The van der Waals surface area contributed by atoms with Gasteiger partial charge in [-0.1, -0.05) is 0 Å². The normalized spacial score (nSPS) is 18.3. The van der Waals surface area contributed by atoms with Crippen LogP contribution in [0.25, 0.3) is 0 Å². The molecule has 0 aliphatic carbocycles. The topological polar surface area (TPSA) is 21.1 Å². The molecular weight excluding hydrogens is 162 g/mol. The Morgan fingerprint density at radius 1 is 1.38 bits per heavy atom. The first-order valence-electron chi connectivity index (χ1n) is 4.97. The largest absolute Gasteiger partial charge is 0.337 e. The predicted octanol–water partition coefficient (Wildman–Crippen LogP) is 1.32. The van der Waals surface area contributed by atoms with Gasteiger partial charge in [0.1, 0.15) is 5.82 Å². The minimum absolute atomic E-state index is 1.02. The molecule has 0 bridgehead atoms. The highest BCUT2D eigenvalue weighted by Crippen LogP contribution is 2.11. The molecule has 1 aromatic heterocycles. The van der Waals surface area contributed by atoms with Crippen LogP contribution in [0.3, 0.4) is 0 Å². The number of hydrogen-bond donors (Lipinski definition) is 0. The van der Waals surface area contributed by atoms with Crippen LogP contribution >= 0.6 is 0 Å². The van der Waals surface area contributed by atoms with Crippen molar-refractivity contribution in [2.24, 2.45) is 7.05 Å². The lowest BCUT2D eigenvalue weighted by atomic mass is 10.4. The van der Waals surface area contributed by atoms with E-state index in [-0.39, 0.29) is 0 Å². The van der Waals surface area contributed by atoms with E-state index < -0.39 is 0 Å². The zero-order chi connectivity index (χ0) is 9.26. The summed E-state index contributed by atoms with van der Waals surface area (Å²) in [4.78, 5) is 6.97. The maximum Gasteiger partial charge on any atom is 0.122 e. The first kappa shape index (κ1) is 8.75.